The van der Waals surface area contributed by atoms with Gasteiger partial charge >= 0.3 is 0 Å². The molecule has 22 heavy (non-hydrogen) atoms. The zero-order valence-corrected chi connectivity index (χ0v) is 14.0. The summed E-state index contributed by atoms with van der Waals surface area (Å²) in [6.45, 7) is 2.28. The van der Waals surface area contributed by atoms with Crippen LogP contribution in [0.3, 0.4) is 0 Å². The van der Waals surface area contributed by atoms with Crippen LogP contribution >= 0.6 is 0 Å². The van der Waals surface area contributed by atoms with Gasteiger partial charge in [0, 0.05) is 23.8 Å². The van der Waals surface area contributed by atoms with Crippen molar-refractivity contribution in [2.24, 2.45) is 0 Å². The Hall–Kier alpha value is -1.63. The van der Waals surface area contributed by atoms with E-state index in [0.29, 0.717) is 0 Å². The Morgan fingerprint density at radius 1 is 0.727 bits per heavy atom. The Morgan fingerprint density at radius 2 is 1.41 bits per heavy atom. The summed E-state index contributed by atoms with van der Waals surface area (Å²) in [5, 5.41) is 0. The van der Waals surface area contributed by atoms with Crippen LogP contribution in [0.2, 0.25) is 0 Å². The van der Waals surface area contributed by atoms with Crippen LogP contribution < -0.4 is 4.57 Å². The second-order valence-electron chi connectivity index (χ2n) is 6.18. The molecule has 1 aromatic heterocycles. The zero-order valence-electron chi connectivity index (χ0n) is 14.0. The first-order valence-corrected chi connectivity index (χ1v) is 8.96. The Labute approximate surface area is 136 Å². The van der Waals surface area contributed by atoms with Crippen LogP contribution in [0.5, 0.6) is 0 Å². The summed E-state index contributed by atoms with van der Waals surface area (Å²) in [5.74, 6) is 0. The molecule has 0 fully saturated rings. The second-order valence-corrected chi connectivity index (χ2v) is 6.18. The number of para-hydroxylation sites is 1. The van der Waals surface area contributed by atoms with Crippen LogP contribution in [-0.2, 0) is 6.42 Å². The molecular weight excluding hydrogens is 266 g/mol. The lowest BCUT2D eigenvalue weighted by Gasteiger charge is -2.02. The molecule has 0 aliphatic rings. The summed E-state index contributed by atoms with van der Waals surface area (Å²) in [4.78, 5) is 0. The summed E-state index contributed by atoms with van der Waals surface area (Å²) in [6.07, 6.45) is 16.7. The van der Waals surface area contributed by atoms with E-state index in [1.807, 2.05) is 0 Å². The predicted molar refractivity (Wildman–Crippen MR) is 94.3 cm³/mol. The van der Waals surface area contributed by atoms with E-state index in [0.717, 1.165) is 0 Å². The van der Waals surface area contributed by atoms with Crippen molar-refractivity contribution in [3.63, 3.8) is 0 Å². The molecular formula is C21H30N+. The average molecular weight is 296 g/mol. The molecule has 0 unspecified atom stereocenters. The van der Waals surface area contributed by atoms with Crippen molar-refractivity contribution in [2.45, 2.75) is 64.7 Å². The molecule has 0 saturated heterocycles. The van der Waals surface area contributed by atoms with Crippen LogP contribution in [0.25, 0.3) is 5.69 Å². The fourth-order valence-corrected chi connectivity index (χ4v) is 2.90. The average Bonchev–Trinajstić information content (AvgIpc) is 2.58. The third kappa shape index (κ3) is 6.01. The van der Waals surface area contributed by atoms with Gasteiger partial charge in [0.05, 0.1) is 0 Å². The number of unbranched alkanes of at least 4 members (excludes halogenated alkanes) is 7. The smallest absolute Gasteiger partial charge is 0.167 e. The van der Waals surface area contributed by atoms with Crippen molar-refractivity contribution in [1.29, 1.82) is 0 Å². The number of hydrogen-bond donors (Lipinski definition) is 0. The molecule has 1 heterocycles. The number of pyridine rings is 1. The maximum atomic E-state index is 2.28. The van der Waals surface area contributed by atoms with Gasteiger partial charge in [0.25, 0.3) is 0 Å². The van der Waals surface area contributed by atoms with Crippen molar-refractivity contribution in [3.05, 3.63) is 60.4 Å². The van der Waals surface area contributed by atoms with E-state index in [-0.39, 0.29) is 0 Å². The van der Waals surface area contributed by atoms with Crippen molar-refractivity contribution >= 4 is 0 Å². The van der Waals surface area contributed by atoms with E-state index >= 15 is 0 Å². The Morgan fingerprint density at radius 3 is 2.14 bits per heavy atom. The van der Waals surface area contributed by atoms with Crippen molar-refractivity contribution < 1.29 is 4.57 Å². The Bertz CT molecular complexity index is 518. The number of rotatable bonds is 10. The van der Waals surface area contributed by atoms with Crippen molar-refractivity contribution in [1.82, 2.24) is 0 Å². The molecule has 1 nitrogen and oxygen atoms in total. The topological polar surface area (TPSA) is 3.88 Å². The van der Waals surface area contributed by atoms with Gasteiger partial charge in [-0.1, -0.05) is 70.1 Å². The van der Waals surface area contributed by atoms with E-state index in [4.69, 9.17) is 0 Å². The lowest BCUT2D eigenvalue weighted by atomic mass is 10.1. The van der Waals surface area contributed by atoms with E-state index in [9.17, 15) is 0 Å². The molecule has 0 amide bonds. The van der Waals surface area contributed by atoms with E-state index in [1.165, 1.54) is 69.0 Å². The third-order valence-corrected chi connectivity index (χ3v) is 4.24. The summed E-state index contributed by atoms with van der Waals surface area (Å²) >= 11 is 0. The van der Waals surface area contributed by atoms with Crippen LogP contribution in [0, 0.1) is 0 Å². The summed E-state index contributed by atoms with van der Waals surface area (Å²) in [5.41, 5.74) is 2.68. The van der Waals surface area contributed by atoms with E-state index in [1.54, 1.807) is 0 Å². The van der Waals surface area contributed by atoms with Gasteiger partial charge in [-0.25, -0.2) is 0 Å². The number of aryl methyl sites for hydroxylation is 1. The minimum absolute atomic E-state index is 1.20. The van der Waals surface area contributed by atoms with Crippen molar-refractivity contribution in [3.8, 4) is 5.69 Å². The maximum Gasteiger partial charge on any atom is 0.210 e. The fraction of sp³-hybridized carbons (Fsp3) is 0.476. The van der Waals surface area contributed by atoms with Gasteiger partial charge in [0.2, 0.25) is 5.69 Å². The number of hydrogen-bond acceptors (Lipinski definition) is 0. The highest BCUT2D eigenvalue weighted by Gasteiger charge is 2.05. The summed E-state index contributed by atoms with van der Waals surface area (Å²) in [7, 11) is 0. The molecule has 0 atom stereocenters. The number of benzene rings is 1. The van der Waals surface area contributed by atoms with Gasteiger partial charge in [0.15, 0.2) is 12.4 Å². The Balaban J connectivity index is 1.70. The van der Waals surface area contributed by atoms with Gasteiger partial charge in [-0.05, 0) is 18.9 Å². The molecule has 1 heteroatoms. The van der Waals surface area contributed by atoms with E-state index < -0.39 is 0 Å². The monoisotopic (exact) mass is 296 g/mol. The largest absolute Gasteiger partial charge is 0.210 e. The maximum absolute atomic E-state index is 2.28. The summed E-state index contributed by atoms with van der Waals surface area (Å²) < 4.78 is 2.22. The highest BCUT2D eigenvalue weighted by Crippen LogP contribution is 2.11. The fourth-order valence-electron chi connectivity index (χ4n) is 2.90. The van der Waals surface area contributed by atoms with Gasteiger partial charge in [0.1, 0.15) is 0 Å². The molecule has 0 saturated carbocycles. The minimum Gasteiger partial charge on any atom is -0.167 e. The van der Waals surface area contributed by atoms with Crippen LogP contribution in [0.4, 0.5) is 0 Å². The van der Waals surface area contributed by atoms with Crippen LogP contribution in [-0.4, -0.2) is 0 Å². The first-order chi connectivity index (χ1) is 10.9. The van der Waals surface area contributed by atoms with Gasteiger partial charge < -0.3 is 0 Å². The molecule has 1 aromatic carbocycles. The predicted octanol–water partition coefficient (Wildman–Crippen LogP) is 5.65. The second kappa shape index (κ2) is 10.2. The zero-order chi connectivity index (χ0) is 15.5. The first-order valence-electron chi connectivity index (χ1n) is 8.96. The lowest BCUT2D eigenvalue weighted by molar-refractivity contribution is -0.596. The summed E-state index contributed by atoms with van der Waals surface area (Å²) in [6, 6.07) is 15.0. The third-order valence-electron chi connectivity index (χ3n) is 4.24. The van der Waals surface area contributed by atoms with Crippen LogP contribution in [0.15, 0.2) is 54.9 Å². The van der Waals surface area contributed by atoms with E-state index in [2.05, 4.69) is 66.3 Å². The molecule has 2 rings (SSSR count). The highest BCUT2D eigenvalue weighted by atomic mass is 14.9. The quantitative estimate of drug-likeness (QED) is 0.394. The lowest BCUT2D eigenvalue weighted by Crippen LogP contribution is -2.29. The molecule has 0 bridgehead atoms. The van der Waals surface area contributed by atoms with Crippen molar-refractivity contribution in [2.75, 3.05) is 0 Å². The minimum atomic E-state index is 1.20. The number of aromatic nitrogens is 1. The molecule has 0 aliphatic heterocycles. The molecule has 0 aliphatic carbocycles. The molecule has 0 radical (unpaired) electrons. The SMILES string of the molecule is CCCCCCCCCCc1ccc[n+](-c2ccccc2)c1. The highest BCUT2D eigenvalue weighted by molar-refractivity contribution is 5.22. The van der Waals surface area contributed by atoms with Gasteiger partial charge in [-0.2, -0.15) is 4.57 Å². The molecule has 0 N–H and O–H groups in total. The Kier molecular flexibility index (Phi) is 7.73. The molecule has 0 spiro atoms. The van der Waals surface area contributed by atoms with Gasteiger partial charge in [-0.3, -0.25) is 0 Å². The number of nitrogens with zero attached hydrogens (tertiary/aromatic N) is 1. The molecule has 2 aromatic rings. The van der Waals surface area contributed by atoms with Gasteiger partial charge in [-0.15, -0.1) is 0 Å². The normalized spacial score (nSPS) is 10.8. The molecule has 118 valence electrons. The standard InChI is InChI=1S/C21H30N/c1-2-3-4-5-6-7-8-10-14-20-15-13-18-22(19-20)21-16-11-9-12-17-21/h9,11-13,15-19H,2-8,10,14H2,1H3/q+1. The van der Waals surface area contributed by atoms with Crippen LogP contribution in [0.1, 0.15) is 63.9 Å². The first kappa shape index (κ1) is 16.7.